The Balaban J connectivity index is 1.80. The first-order chi connectivity index (χ1) is 9.81. The predicted molar refractivity (Wildman–Crippen MR) is 81.4 cm³/mol. The summed E-state index contributed by atoms with van der Waals surface area (Å²) < 4.78 is 2.17. The summed E-state index contributed by atoms with van der Waals surface area (Å²) in [5.74, 6) is 1.07. The van der Waals surface area contributed by atoms with Crippen molar-refractivity contribution in [2.24, 2.45) is 0 Å². The van der Waals surface area contributed by atoms with Crippen molar-refractivity contribution in [3.8, 4) is 0 Å². The van der Waals surface area contributed by atoms with E-state index in [2.05, 4.69) is 39.9 Å². The summed E-state index contributed by atoms with van der Waals surface area (Å²) in [6.07, 6.45) is 4.71. The maximum absolute atomic E-state index is 5.82. The van der Waals surface area contributed by atoms with Gasteiger partial charge in [-0.2, -0.15) is 0 Å². The summed E-state index contributed by atoms with van der Waals surface area (Å²) >= 11 is 0. The highest BCUT2D eigenvalue weighted by molar-refractivity contribution is 5.40. The maximum Gasteiger partial charge on any atom is 0.113 e. The Morgan fingerprint density at radius 3 is 2.55 bits per heavy atom. The zero-order valence-corrected chi connectivity index (χ0v) is 11.2. The van der Waals surface area contributed by atoms with Gasteiger partial charge in [-0.15, -0.1) is 0 Å². The van der Waals surface area contributed by atoms with Gasteiger partial charge in [0, 0.05) is 31.0 Å². The van der Waals surface area contributed by atoms with Gasteiger partial charge in [0.15, 0.2) is 0 Å². The van der Waals surface area contributed by atoms with E-state index in [1.165, 1.54) is 11.1 Å². The Labute approximate surface area is 118 Å². The van der Waals surface area contributed by atoms with Crippen molar-refractivity contribution >= 4 is 5.69 Å². The monoisotopic (exact) mass is 263 g/mol. The molecule has 0 fully saturated rings. The molecular weight excluding hydrogens is 246 g/mol. The van der Waals surface area contributed by atoms with Gasteiger partial charge in [-0.25, -0.2) is 4.98 Å². The van der Waals surface area contributed by atoms with Crippen molar-refractivity contribution in [1.29, 1.82) is 0 Å². The van der Waals surface area contributed by atoms with Gasteiger partial charge in [0.1, 0.15) is 5.82 Å². The van der Waals surface area contributed by atoms with Gasteiger partial charge in [-0.05, 0) is 23.3 Å². The Morgan fingerprint density at radius 2 is 1.75 bits per heavy atom. The van der Waals surface area contributed by atoms with Gasteiger partial charge in [0.05, 0.1) is 0 Å². The molecule has 0 atom stereocenters. The molecule has 0 aliphatic carbocycles. The summed E-state index contributed by atoms with van der Waals surface area (Å²) in [4.78, 5) is 4.46. The van der Waals surface area contributed by atoms with Gasteiger partial charge < -0.3 is 10.3 Å². The molecule has 0 spiro atoms. The molecule has 0 unspecified atom stereocenters. The van der Waals surface area contributed by atoms with E-state index in [0.29, 0.717) is 0 Å². The summed E-state index contributed by atoms with van der Waals surface area (Å²) in [6.45, 7) is 0.799. The topological polar surface area (TPSA) is 43.8 Å². The third-order valence-electron chi connectivity index (χ3n) is 3.31. The quantitative estimate of drug-likeness (QED) is 0.735. The largest absolute Gasteiger partial charge is 0.399 e. The Morgan fingerprint density at radius 1 is 0.950 bits per heavy atom. The van der Waals surface area contributed by atoms with E-state index in [1.54, 1.807) is 0 Å². The third kappa shape index (κ3) is 2.88. The van der Waals surface area contributed by atoms with Crippen LogP contribution in [-0.2, 0) is 13.0 Å². The van der Waals surface area contributed by atoms with E-state index in [9.17, 15) is 0 Å². The highest BCUT2D eigenvalue weighted by Crippen LogP contribution is 2.12. The van der Waals surface area contributed by atoms with Crippen LogP contribution in [-0.4, -0.2) is 9.55 Å². The normalized spacial score (nSPS) is 10.6. The van der Waals surface area contributed by atoms with E-state index in [4.69, 9.17) is 5.73 Å². The fourth-order valence-electron chi connectivity index (χ4n) is 2.32. The van der Waals surface area contributed by atoms with E-state index in [-0.39, 0.29) is 0 Å². The molecule has 0 aliphatic heterocycles. The minimum Gasteiger partial charge on any atom is -0.399 e. The van der Waals surface area contributed by atoms with Crippen LogP contribution >= 0.6 is 0 Å². The summed E-state index contributed by atoms with van der Waals surface area (Å²) in [7, 11) is 0. The van der Waals surface area contributed by atoms with Crippen LogP contribution in [0.4, 0.5) is 5.69 Å². The third-order valence-corrected chi connectivity index (χ3v) is 3.31. The molecule has 3 nitrogen and oxygen atoms in total. The van der Waals surface area contributed by atoms with Crippen LogP contribution in [0.2, 0.25) is 0 Å². The van der Waals surface area contributed by atoms with Gasteiger partial charge in [-0.3, -0.25) is 0 Å². The lowest BCUT2D eigenvalue weighted by Crippen LogP contribution is -2.05. The lowest BCUT2D eigenvalue weighted by atomic mass is 10.1. The average Bonchev–Trinajstić information content (AvgIpc) is 2.87. The molecule has 0 radical (unpaired) electrons. The molecular formula is C17H17N3. The minimum absolute atomic E-state index is 0.798. The molecule has 1 heterocycles. The van der Waals surface area contributed by atoms with Crippen LogP contribution in [0.3, 0.4) is 0 Å². The van der Waals surface area contributed by atoms with E-state index in [0.717, 1.165) is 24.5 Å². The van der Waals surface area contributed by atoms with Crippen LogP contribution in [0.5, 0.6) is 0 Å². The standard InChI is InChI=1S/C17H17N3/c18-16-8-4-7-15(11-16)13-20-10-9-19-17(20)12-14-5-2-1-3-6-14/h1-11H,12-13,18H2. The second-order valence-corrected chi connectivity index (χ2v) is 4.88. The van der Waals surface area contributed by atoms with Crippen molar-refractivity contribution in [3.05, 3.63) is 83.9 Å². The van der Waals surface area contributed by atoms with Crippen molar-refractivity contribution in [3.63, 3.8) is 0 Å². The lowest BCUT2D eigenvalue weighted by Gasteiger charge is -2.08. The number of nitrogens with two attached hydrogens (primary N) is 1. The number of hydrogen-bond donors (Lipinski definition) is 1. The Bertz CT molecular complexity index is 686. The highest BCUT2D eigenvalue weighted by Gasteiger charge is 2.05. The number of benzene rings is 2. The number of hydrogen-bond acceptors (Lipinski definition) is 2. The second-order valence-electron chi connectivity index (χ2n) is 4.88. The molecule has 0 aliphatic rings. The second kappa shape index (κ2) is 5.61. The molecule has 3 rings (SSSR count). The van der Waals surface area contributed by atoms with Crippen LogP contribution in [0, 0.1) is 0 Å². The first-order valence-corrected chi connectivity index (χ1v) is 6.69. The van der Waals surface area contributed by atoms with Crippen molar-refractivity contribution in [2.45, 2.75) is 13.0 Å². The predicted octanol–water partition coefficient (Wildman–Crippen LogP) is 3.10. The highest BCUT2D eigenvalue weighted by atomic mass is 15.1. The fraction of sp³-hybridized carbons (Fsp3) is 0.118. The van der Waals surface area contributed by atoms with E-state index < -0.39 is 0 Å². The van der Waals surface area contributed by atoms with E-state index in [1.807, 2.05) is 36.7 Å². The van der Waals surface area contributed by atoms with Crippen LogP contribution in [0.1, 0.15) is 17.0 Å². The van der Waals surface area contributed by atoms with Crippen molar-refractivity contribution < 1.29 is 0 Å². The van der Waals surface area contributed by atoms with Gasteiger partial charge in [-0.1, -0.05) is 42.5 Å². The first-order valence-electron chi connectivity index (χ1n) is 6.69. The summed E-state index contributed by atoms with van der Waals surface area (Å²) in [5, 5.41) is 0. The molecule has 1 aromatic heterocycles. The molecule has 2 N–H and O–H groups in total. The zero-order valence-electron chi connectivity index (χ0n) is 11.2. The molecule has 20 heavy (non-hydrogen) atoms. The molecule has 3 heteroatoms. The Hall–Kier alpha value is -2.55. The van der Waals surface area contributed by atoms with Crippen LogP contribution in [0.15, 0.2) is 67.0 Å². The zero-order chi connectivity index (χ0) is 13.8. The Kier molecular flexibility index (Phi) is 3.50. The van der Waals surface area contributed by atoms with Crippen molar-refractivity contribution in [1.82, 2.24) is 9.55 Å². The number of anilines is 1. The number of aromatic nitrogens is 2. The van der Waals surface area contributed by atoms with Crippen molar-refractivity contribution in [2.75, 3.05) is 5.73 Å². The molecule has 2 aromatic carbocycles. The molecule has 0 bridgehead atoms. The number of nitrogen functional groups attached to an aromatic ring is 1. The summed E-state index contributed by atoms with van der Waals surface area (Å²) in [5.41, 5.74) is 9.09. The van der Waals surface area contributed by atoms with Crippen LogP contribution < -0.4 is 5.73 Å². The SMILES string of the molecule is Nc1cccc(Cn2ccnc2Cc2ccccc2)c1. The van der Waals surface area contributed by atoms with Crippen LogP contribution in [0.25, 0.3) is 0 Å². The molecule has 0 saturated carbocycles. The smallest absolute Gasteiger partial charge is 0.113 e. The van der Waals surface area contributed by atoms with Gasteiger partial charge in [0.25, 0.3) is 0 Å². The average molecular weight is 263 g/mol. The number of rotatable bonds is 4. The molecule has 3 aromatic rings. The minimum atomic E-state index is 0.798. The summed E-state index contributed by atoms with van der Waals surface area (Å²) in [6, 6.07) is 18.4. The van der Waals surface area contributed by atoms with Gasteiger partial charge >= 0.3 is 0 Å². The lowest BCUT2D eigenvalue weighted by molar-refractivity contribution is 0.741. The number of imidazole rings is 1. The molecule has 100 valence electrons. The fourth-order valence-corrected chi connectivity index (χ4v) is 2.32. The molecule has 0 amide bonds. The maximum atomic E-state index is 5.82. The van der Waals surface area contributed by atoms with E-state index >= 15 is 0 Å². The van der Waals surface area contributed by atoms with Gasteiger partial charge in [0.2, 0.25) is 0 Å². The first kappa shape index (κ1) is 12.5. The number of nitrogens with zero attached hydrogens (tertiary/aromatic N) is 2. The molecule has 0 saturated heterocycles.